The topological polar surface area (TPSA) is 64.2 Å². The Balaban J connectivity index is 2.05. The number of thioether (sulfide) groups is 1. The molecule has 2 rings (SSSR count). The van der Waals surface area contributed by atoms with Gasteiger partial charge in [-0.1, -0.05) is 11.8 Å². The summed E-state index contributed by atoms with van der Waals surface area (Å²) in [7, 11) is 3.49. The molecule has 0 aliphatic heterocycles. The smallest absolute Gasteiger partial charge is 0.235 e. The van der Waals surface area contributed by atoms with Crippen molar-refractivity contribution in [2.75, 3.05) is 14.1 Å². The van der Waals surface area contributed by atoms with Gasteiger partial charge < -0.3 is 13.9 Å². The monoisotopic (exact) mass is 280 g/mol. The van der Waals surface area contributed by atoms with Crippen LogP contribution in [0.3, 0.4) is 0 Å². The first-order valence-electron chi connectivity index (χ1n) is 5.86. The molecule has 102 valence electrons. The Labute approximate surface area is 115 Å². The first-order valence-corrected chi connectivity index (χ1v) is 6.74. The lowest BCUT2D eigenvalue weighted by Gasteiger charge is -2.15. The average molecular weight is 280 g/mol. The van der Waals surface area contributed by atoms with E-state index in [2.05, 4.69) is 10.2 Å². The Hall–Kier alpha value is -1.76. The molecule has 0 aliphatic rings. The molecule has 0 aromatic carbocycles. The summed E-state index contributed by atoms with van der Waals surface area (Å²) in [4.78, 5) is 13.4. The highest BCUT2D eigenvalue weighted by atomic mass is 32.2. The standard InChI is InChI=1S/C12H16N4O2S/c1-9(11(17)15(2)3)19-12-14-13-8-16(12)7-10-5-4-6-18-10/h4-6,8-9H,7H2,1-3H3/t9-/m0/s1. The van der Waals surface area contributed by atoms with Gasteiger partial charge in [-0.2, -0.15) is 0 Å². The van der Waals surface area contributed by atoms with Gasteiger partial charge in [-0.3, -0.25) is 4.79 Å². The lowest BCUT2D eigenvalue weighted by molar-refractivity contribution is -0.127. The molecule has 2 heterocycles. The maximum atomic E-state index is 11.8. The third-order valence-electron chi connectivity index (χ3n) is 2.56. The summed E-state index contributed by atoms with van der Waals surface area (Å²) in [5, 5.41) is 8.44. The van der Waals surface area contributed by atoms with Crippen LogP contribution in [0.1, 0.15) is 12.7 Å². The summed E-state index contributed by atoms with van der Waals surface area (Å²) in [6.45, 7) is 2.42. The Morgan fingerprint density at radius 1 is 1.58 bits per heavy atom. The van der Waals surface area contributed by atoms with E-state index in [-0.39, 0.29) is 11.2 Å². The van der Waals surface area contributed by atoms with Gasteiger partial charge in [0.1, 0.15) is 12.1 Å². The zero-order valence-corrected chi connectivity index (χ0v) is 11.9. The summed E-state index contributed by atoms with van der Waals surface area (Å²) in [5.41, 5.74) is 0. The number of hydrogen-bond acceptors (Lipinski definition) is 5. The van der Waals surface area contributed by atoms with Crippen molar-refractivity contribution in [3.8, 4) is 0 Å². The molecule has 0 radical (unpaired) electrons. The molecule has 0 N–H and O–H groups in total. The molecule has 1 amide bonds. The molecule has 0 bridgehead atoms. The molecule has 0 fully saturated rings. The molecule has 6 nitrogen and oxygen atoms in total. The van der Waals surface area contributed by atoms with Crippen molar-refractivity contribution in [1.29, 1.82) is 0 Å². The van der Waals surface area contributed by atoms with E-state index in [9.17, 15) is 4.79 Å². The van der Waals surface area contributed by atoms with E-state index < -0.39 is 0 Å². The number of nitrogens with zero attached hydrogens (tertiary/aromatic N) is 4. The van der Waals surface area contributed by atoms with Crippen LogP contribution in [0.4, 0.5) is 0 Å². The number of furan rings is 1. The Morgan fingerprint density at radius 3 is 3.00 bits per heavy atom. The summed E-state index contributed by atoms with van der Waals surface area (Å²) in [6.07, 6.45) is 3.27. The number of aromatic nitrogens is 3. The van der Waals surface area contributed by atoms with Gasteiger partial charge in [0.05, 0.1) is 18.1 Å². The van der Waals surface area contributed by atoms with E-state index >= 15 is 0 Å². The van der Waals surface area contributed by atoms with E-state index in [4.69, 9.17) is 4.42 Å². The molecular weight excluding hydrogens is 264 g/mol. The number of amides is 1. The minimum atomic E-state index is -0.199. The predicted molar refractivity (Wildman–Crippen MR) is 71.8 cm³/mol. The van der Waals surface area contributed by atoms with Crippen LogP contribution < -0.4 is 0 Å². The zero-order valence-electron chi connectivity index (χ0n) is 11.1. The van der Waals surface area contributed by atoms with E-state index in [1.807, 2.05) is 23.6 Å². The van der Waals surface area contributed by atoms with E-state index in [1.54, 1.807) is 31.6 Å². The van der Waals surface area contributed by atoms with Gasteiger partial charge in [0.15, 0.2) is 5.16 Å². The lowest BCUT2D eigenvalue weighted by atomic mass is 10.4. The van der Waals surface area contributed by atoms with E-state index in [0.717, 1.165) is 5.76 Å². The average Bonchev–Trinajstić information content (AvgIpc) is 3.01. The maximum Gasteiger partial charge on any atom is 0.235 e. The van der Waals surface area contributed by atoms with Crippen LogP contribution in [0.25, 0.3) is 0 Å². The third-order valence-corrected chi connectivity index (χ3v) is 3.64. The second kappa shape index (κ2) is 5.92. The van der Waals surface area contributed by atoms with Crippen molar-refractivity contribution in [2.24, 2.45) is 0 Å². The fraction of sp³-hybridized carbons (Fsp3) is 0.417. The van der Waals surface area contributed by atoms with Crippen LogP contribution in [-0.4, -0.2) is 44.9 Å². The molecule has 0 spiro atoms. The molecule has 2 aromatic rings. The summed E-state index contributed by atoms with van der Waals surface area (Å²) in [5.74, 6) is 0.880. The van der Waals surface area contributed by atoms with E-state index in [1.165, 1.54) is 11.8 Å². The number of hydrogen-bond donors (Lipinski definition) is 0. The van der Waals surface area contributed by atoms with Crippen LogP contribution >= 0.6 is 11.8 Å². The lowest BCUT2D eigenvalue weighted by Crippen LogP contribution is -2.29. The van der Waals surface area contributed by atoms with Gasteiger partial charge in [0, 0.05) is 14.1 Å². The Bertz CT molecular complexity index is 536. The quantitative estimate of drug-likeness (QED) is 0.776. The van der Waals surface area contributed by atoms with Crippen LogP contribution in [0.5, 0.6) is 0 Å². The largest absolute Gasteiger partial charge is 0.467 e. The van der Waals surface area contributed by atoms with Crippen molar-refractivity contribution >= 4 is 17.7 Å². The molecule has 0 unspecified atom stereocenters. The van der Waals surface area contributed by atoms with Gasteiger partial charge in [-0.15, -0.1) is 10.2 Å². The molecule has 7 heteroatoms. The van der Waals surface area contributed by atoms with E-state index in [0.29, 0.717) is 11.7 Å². The van der Waals surface area contributed by atoms with Crippen LogP contribution in [-0.2, 0) is 11.3 Å². The predicted octanol–water partition coefficient (Wildman–Crippen LogP) is 1.49. The normalized spacial score (nSPS) is 12.4. The summed E-state index contributed by atoms with van der Waals surface area (Å²) >= 11 is 1.39. The van der Waals surface area contributed by atoms with Gasteiger partial charge >= 0.3 is 0 Å². The third kappa shape index (κ3) is 3.37. The number of carbonyl (C=O) groups is 1. The SMILES string of the molecule is C[C@H](Sc1nncn1Cc1ccco1)C(=O)N(C)C. The van der Waals surface area contributed by atoms with Crippen LogP contribution in [0, 0.1) is 0 Å². The maximum absolute atomic E-state index is 11.8. The molecule has 0 saturated carbocycles. The molecular formula is C12H16N4O2S. The highest BCUT2D eigenvalue weighted by Crippen LogP contribution is 2.22. The number of rotatable bonds is 5. The van der Waals surface area contributed by atoms with Gasteiger partial charge in [0.2, 0.25) is 5.91 Å². The Morgan fingerprint density at radius 2 is 2.37 bits per heavy atom. The molecule has 1 atom stereocenters. The second-order valence-corrected chi connectivity index (χ2v) is 5.62. The van der Waals surface area contributed by atoms with Gasteiger partial charge in [0.25, 0.3) is 0 Å². The van der Waals surface area contributed by atoms with Crippen molar-refractivity contribution in [3.63, 3.8) is 0 Å². The number of carbonyl (C=O) groups excluding carboxylic acids is 1. The van der Waals surface area contributed by atoms with Crippen LogP contribution in [0.15, 0.2) is 34.3 Å². The van der Waals surface area contributed by atoms with Gasteiger partial charge in [-0.25, -0.2) is 0 Å². The van der Waals surface area contributed by atoms with Crippen LogP contribution in [0.2, 0.25) is 0 Å². The minimum absolute atomic E-state index is 0.0533. The van der Waals surface area contributed by atoms with Crippen molar-refractivity contribution in [1.82, 2.24) is 19.7 Å². The highest BCUT2D eigenvalue weighted by molar-refractivity contribution is 8.00. The first kappa shape index (κ1) is 13.7. The summed E-state index contributed by atoms with van der Waals surface area (Å²) in [6, 6.07) is 3.73. The van der Waals surface area contributed by atoms with Crippen molar-refractivity contribution < 1.29 is 9.21 Å². The molecule has 19 heavy (non-hydrogen) atoms. The zero-order chi connectivity index (χ0) is 13.8. The van der Waals surface area contributed by atoms with Gasteiger partial charge in [-0.05, 0) is 19.1 Å². The second-order valence-electron chi connectivity index (χ2n) is 4.31. The molecule has 2 aromatic heterocycles. The highest BCUT2D eigenvalue weighted by Gasteiger charge is 2.19. The fourth-order valence-electron chi connectivity index (χ4n) is 1.59. The van der Waals surface area contributed by atoms with Crippen molar-refractivity contribution in [3.05, 3.63) is 30.5 Å². The molecule has 0 saturated heterocycles. The fourth-order valence-corrected chi connectivity index (χ4v) is 2.56. The Kier molecular flexibility index (Phi) is 4.26. The minimum Gasteiger partial charge on any atom is -0.467 e. The molecule has 0 aliphatic carbocycles. The summed E-state index contributed by atoms with van der Waals surface area (Å²) < 4.78 is 7.16. The van der Waals surface area contributed by atoms with Crippen molar-refractivity contribution in [2.45, 2.75) is 23.9 Å². The first-order chi connectivity index (χ1) is 9.08.